The molecule has 1 fully saturated rings. The second-order valence-corrected chi connectivity index (χ2v) is 4.60. The molecular formula is C12H22N2O3. The predicted molar refractivity (Wildman–Crippen MR) is 64.7 cm³/mol. The van der Waals surface area contributed by atoms with E-state index in [9.17, 15) is 14.7 Å². The molecule has 5 nitrogen and oxygen atoms in total. The van der Waals surface area contributed by atoms with Crippen molar-refractivity contribution in [1.82, 2.24) is 10.2 Å². The predicted octanol–water partition coefficient (Wildman–Crippen LogP) is 0.840. The van der Waals surface area contributed by atoms with Gasteiger partial charge >= 0.3 is 5.97 Å². The van der Waals surface area contributed by atoms with Crippen LogP contribution in [0.15, 0.2) is 0 Å². The first-order valence-electron chi connectivity index (χ1n) is 6.28. The van der Waals surface area contributed by atoms with Gasteiger partial charge in [0.15, 0.2) is 0 Å². The molecule has 2 unspecified atom stereocenters. The van der Waals surface area contributed by atoms with Crippen molar-refractivity contribution in [2.45, 2.75) is 51.1 Å². The van der Waals surface area contributed by atoms with E-state index in [1.807, 2.05) is 0 Å². The summed E-state index contributed by atoms with van der Waals surface area (Å²) in [6, 6.07) is -0.977. The maximum Gasteiger partial charge on any atom is 0.326 e. The number of carboxylic acids is 1. The third kappa shape index (κ3) is 3.70. The Morgan fingerprint density at radius 1 is 1.29 bits per heavy atom. The summed E-state index contributed by atoms with van der Waals surface area (Å²) in [5, 5.41) is 12.1. The van der Waals surface area contributed by atoms with Crippen molar-refractivity contribution in [1.29, 1.82) is 0 Å². The molecular weight excluding hydrogens is 220 g/mol. The SMILES string of the molecule is CNC(C)C(=O)N1CCCCCCC1C(=O)O. The van der Waals surface area contributed by atoms with Crippen LogP contribution in [0.1, 0.15) is 39.0 Å². The van der Waals surface area contributed by atoms with Crippen LogP contribution in [0.2, 0.25) is 0 Å². The number of nitrogens with one attached hydrogen (secondary N) is 1. The number of rotatable bonds is 3. The van der Waals surface area contributed by atoms with Gasteiger partial charge in [0.25, 0.3) is 0 Å². The van der Waals surface area contributed by atoms with Crippen LogP contribution in [-0.4, -0.2) is 47.6 Å². The lowest BCUT2D eigenvalue weighted by Crippen LogP contribution is -2.52. The number of carbonyl (C=O) groups is 2. The van der Waals surface area contributed by atoms with E-state index in [4.69, 9.17) is 0 Å². The summed E-state index contributed by atoms with van der Waals surface area (Å²) in [6.07, 6.45) is 4.48. The Kier molecular flexibility index (Phi) is 5.41. The molecule has 2 atom stereocenters. The Hall–Kier alpha value is -1.10. The standard InChI is InChI=1S/C12H22N2O3/c1-9(13-2)11(15)14-8-6-4-3-5-7-10(14)12(16)17/h9-10,13H,3-8H2,1-2H3,(H,16,17). The zero-order chi connectivity index (χ0) is 12.8. The second kappa shape index (κ2) is 6.59. The Morgan fingerprint density at radius 2 is 1.94 bits per heavy atom. The van der Waals surface area contributed by atoms with E-state index in [2.05, 4.69) is 5.32 Å². The molecule has 0 spiro atoms. The molecule has 1 saturated heterocycles. The fourth-order valence-electron chi connectivity index (χ4n) is 2.18. The maximum absolute atomic E-state index is 12.1. The fourth-order valence-corrected chi connectivity index (χ4v) is 2.18. The van der Waals surface area contributed by atoms with Crippen LogP contribution in [0.5, 0.6) is 0 Å². The quantitative estimate of drug-likeness (QED) is 0.769. The fraction of sp³-hybridized carbons (Fsp3) is 0.833. The average Bonchev–Trinajstić information content (AvgIpc) is 2.26. The van der Waals surface area contributed by atoms with Crippen LogP contribution in [0.4, 0.5) is 0 Å². The van der Waals surface area contributed by atoms with Gasteiger partial charge in [0.2, 0.25) is 5.91 Å². The van der Waals surface area contributed by atoms with Crippen molar-refractivity contribution in [3.8, 4) is 0 Å². The van der Waals surface area contributed by atoms with Crippen molar-refractivity contribution in [2.24, 2.45) is 0 Å². The molecule has 0 aromatic carbocycles. The summed E-state index contributed by atoms with van der Waals surface area (Å²) in [7, 11) is 1.71. The lowest BCUT2D eigenvalue weighted by Gasteiger charge is -2.32. The molecule has 98 valence electrons. The number of hydrogen-bond acceptors (Lipinski definition) is 3. The van der Waals surface area contributed by atoms with Gasteiger partial charge in [0.05, 0.1) is 6.04 Å². The van der Waals surface area contributed by atoms with Crippen LogP contribution in [-0.2, 0) is 9.59 Å². The monoisotopic (exact) mass is 242 g/mol. The van der Waals surface area contributed by atoms with Gasteiger partial charge in [-0.25, -0.2) is 4.79 Å². The van der Waals surface area contributed by atoms with Crippen molar-refractivity contribution in [3.63, 3.8) is 0 Å². The average molecular weight is 242 g/mol. The van der Waals surface area contributed by atoms with E-state index in [0.717, 1.165) is 25.7 Å². The van der Waals surface area contributed by atoms with Crippen LogP contribution < -0.4 is 5.32 Å². The highest BCUT2D eigenvalue weighted by Gasteiger charge is 2.31. The summed E-state index contributed by atoms with van der Waals surface area (Å²) >= 11 is 0. The van der Waals surface area contributed by atoms with Gasteiger partial charge in [-0.15, -0.1) is 0 Å². The molecule has 5 heteroatoms. The lowest BCUT2D eigenvalue weighted by molar-refractivity contribution is -0.151. The molecule has 1 aliphatic heterocycles. The molecule has 2 N–H and O–H groups in total. The number of hydrogen-bond donors (Lipinski definition) is 2. The lowest BCUT2D eigenvalue weighted by atomic mass is 10.0. The maximum atomic E-state index is 12.1. The topological polar surface area (TPSA) is 69.6 Å². The summed E-state index contributed by atoms with van der Waals surface area (Å²) in [5.41, 5.74) is 0. The van der Waals surface area contributed by atoms with Crippen LogP contribution >= 0.6 is 0 Å². The van der Waals surface area contributed by atoms with E-state index < -0.39 is 12.0 Å². The van der Waals surface area contributed by atoms with Crippen LogP contribution in [0.3, 0.4) is 0 Å². The minimum Gasteiger partial charge on any atom is -0.480 e. The largest absolute Gasteiger partial charge is 0.480 e. The molecule has 0 bridgehead atoms. The Balaban J connectivity index is 2.79. The molecule has 1 aliphatic rings. The zero-order valence-corrected chi connectivity index (χ0v) is 10.6. The summed E-state index contributed by atoms with van der Waals surface area (Å²) < 4.78 is 0. The number of likely N-dealkylation sites (tertiary alicyclic amines) is 1. The molecule has 0 aliphatic carbocycles. The first kappa shape index (κ1) is 14.0. The number of carbonyl (C=O) groups excluding carboxylic acids is 1. The Bertz CT molecular complexity index is 281. The van der Waals surface area contributed by atoms with Gasteiger partial charge < -0.3 is 15.3 Å². The van der Waals surface area contributed by atoms with Crippen LogP contribution in [0, 0.1) is 0 Å². The first-order valence-corrected chi connectivity index (χ1v) is 6.28. The number of aliphatic carboxylic acids is 1. The molecule has 1 heterocycles. The van der Waals surface area contributed by atoms with Crippen molar-refractivity contribution >= 4 is 11.9 Å². The third-order valence-corrected chi connectivity index (χ3v) is 3.37. The smallest absolute Gasteiger partial charge is 0.326 e. The van der Waals surface area contributed by atoms with Gasteiger partial charge in [-0.3, -0.25) is 4.79 Å². The minimum atomic E-state index is -0.886. The van der Waals surface area contributed by atoms with E-state index in [1.54, 1.807) is 14.0 Å². The highest BCUT2D eigenvalue weighted by Crippen LogP contribution is 2.17. The van der Waals surface area contributed by atoms with Gasteiger partial charge in [-0.1, -0.05) is 19.3 Å². The third-order valence-electron chi connectivity index (χ3n) is 3.37. The van der Waals surface area contributed by atoms with Gasteiger partial charge in [0, 0.05) is 6.54 Å². The van der Waals surface area contributed by atoms with E-state index in [1.165, 1.54) is 4.90 Å². The second-order valence-electron chi connectivity index (χ2n) is 4.60. The summed E-state index contributed by atoms with van der Waals surface area (Å²) in [6.45, 7) is 2.32. The molecule has 17 heavy (non-hydrogen) atoms. The normalized spacial score (nSPS) is 23.6. The molecule has 1 rings (SSSR count). The number of likely N-dealkylation sites (N-methyl/N-ethyl adjacent to an activating group) is 1. The first-order chi connectivity index (χ1) is 8.07. The highest BCUT2D eigenvalue weighted by molar-refractivity contribution is 5.86. The molecule has 0 saturated carbocycles. The van der Waals surface area contributed by atoms with E-state index >= 15 is 0 Å². The Labute approximate surface area is 102 Å². The van der Waals surface area contributed by atoms with Crippen LogP contribution in [0.25, 0.3) is 0 Å². The molecule has 0 radical (unpaired) electrons. The number of amides is 1. The van der Waals surface area contributed by atoms with Crippen molar-refractivity contribution in [2.75, 3.05) is 13.6 Å². The zero-order valence-electron chi connectivity index (χ0n) is 10.6. The van der Waals surface area contributed by atoms with Crippen molar-refractivity contribution < 1.29 is 14.7 Å². The molecule has 0 aromatic heterocycles. The number of carboxylic acid groups (broad SMARTS) is 1. The van der Waals surface area contributed by atoms with Gasteiger partial charge in [-0.2, -0.15) is 0 Å². The summed E-state index contributed by atoms with van der Waals surface area (Å²) in [5.74, 6) is -0.995. The Morgan fingerprint density at radius 3 is 2.53 bits per heavy atom. The van der Waals surface area contributed by atoms with Gasteiger partial charge in [0.1, 0.15) is 6.04 Å². The van der Waals surface area contributed by atoms with E-state index in [-0.39, 0.29) is 11.9 Å². The minimum absolute atomic E-state index is 0.109. The van der Waals surface area contributed by atoms with Crippen molar-refractivity contribution in [3.05, 3.63) is 0 Å². The van der Waals surface area contributed by atoms with E-state index in [0.29, 0.717) is 13.0 Å². The summed E-state index contributed by atoms with van der Waals surface area (Å²) in [4.78, 5) is 24.9. The van der Waals surface area contributed by atoms with Gasteiger partial charge in [-0.05, 0) is 26.8 Å². The molecule has 1 amide bonds. The molecule has 0 aromatic rings. The number of nitrogens with zero attached hydrogens (tertiary/aromatic N) is 1. The highest BCUT2D eigenvalue weighted by atomic mass is 16.4.